The molecule has 0 aliphatic carbocycles. The van der Waals surface area contributed by atoms with Gasteiger partial charge in [-0.3, -0.25) is 0 Å². The second kappa shape index (κ2) is 6.94. The summed E-state index contributed by atoms with van der Waals surface area (Å²) >= 11 is 21.7. The van der Waals surface area contributed by atoms with Crippen molar-refractivity contribution in [2.45, 2.75) is 17.4 Å². The quantitative estimate of drug-likeness (QED) is 0.580. The second-order valence-corrected chi connectivity index (χ2v) is 8.60. The van der Waals surface area contributed by atoms with Crippen LogP contribution in [0.3, 0.4) is 0 Å². The number of alkyl halides is 2. The zero-order valence-corrected chi connectivity index (χ0v) is 16.8. The Morgan fingerprint density at radius 2 is 1.63 bits per heavy atom. The summed E-state index contributed by atoms with van der Waals surface area (Å²) in [5.41, 5.74) is -0.682. The molecule has 0 unspecified atom stereocenters. The largest absolute Gasteiger partial charge is 0.244 e. The van der Waals surface area contributed by atoms with Crippen molar-refractivity contribution < 1.29 is 8.42 Å². The molecule has 0 aliphatic rings. The molecule has 0 fully saturated rings. The van der Waals surface area contributed by atoms with Crippen LogP contribution >= 0.6 is 71.0 Å². The maximum atomic E-state index is 12.4. The zero-order chi connectivity index (χ0) is 14.8. The van der Waals surface area contributed by atoms with Crippen LogP contribution in [-0.2, 0) is 10.0 Å². The van der Waals surface area contributed by atoms with E-state index in [1.807, 2.05) is 0 Å². The summed E-state index contributed by atoms with van der Waals surface area (Å²) in [6.07, 6.45) is 0. The Labute approximate surface area is 147 Å². The molecule has 0 saturated carbocycles. The van der Waals surface area contributed by atoms with Crippen LogP contribution in [0.4, 0.5) is 0 Å². The van der Waals surface area contributed by atoms with E-state index < -0.39 is 15.6 Å². The van der Waals surface area contributed by atoms with Gasteiger partial charge in [-0.05, 0) is 19.1 Å². The summed E-state index contributed by atoms with van der Waals surface area (Å²) in [7, 11) is -3.81. The molecule has 0 saturated heterocycles. The number of halogens is 5. The third-order valence-corrected chi connectivity index (χ3v) is 7.69. The molecule has 0 aromatic heterocycles. The van der Waals surface area contributed by atoms with Gasteiger partial charge in [0.1, 0.15) is 4.90 Å². The van der Waals surface area contributed by atoms with Gasteiger partial charge >= 0.3 is 0 Å². The van der Waals surface area contributed by atoms with E-state index in [4.69, 9.17) is 23.2 Å². The highest BCUT2D eigenvalue weighted by Crippen LogP contribution is 2.33. The number of rotatable bonds is 5. The Morgan fingerprint density at radius 3 is 2.00 bits per heavy atom. The SMILES string of the molecule is CC(CBr)(CBr)NS(=O)(=O)c1c(Cl)cc(Br)cc1Cl. The Kier molecular flexibility index (Phi) is 6.65. The molecule has 1 N–H and O–H groups in total. The van der Waals surface area contributed by atoms with Gasteiger partial charge in [0, 0.05) is 20.7 Å². The Balaban J connectivity index is 3.29. The minimum absolute atomic E-state index is 0.0679. The van der Waals surface area contributed by atoms with Crippen LogP contribution in [0.25, 0.3) is 0 Å². The fraction of sp³-hybridized carbons (Fsp3) is 0.400. The predicted molar refractivity (Wildman–Crippen MR) is 90.5 cm³/mol. The van der Waals surface area contributed by atoms with Gasteiger partial charge in [-0.1, -0.05) is 71.0 Å². The summed E-state index contributed by atoms with van der Waals surface area (Å²) in [4.78, 5) is -0.118. The Morgan fingerprint density at radius 1 is 1.21 bits per heavy atom. The lowest BCUT2D eigenvalue weighted by Crippen LogP contribution is -2.48. The van der Waals surface area contributed by atoms with E-state index in [1.165, 1.54) is 12.1 Å². The lowest BCUT2D eigenvalue weighted by Gasteiger charge is -2.26. The maximum Gasteiger partial charge on any atom is 0.244 e. The highest BCUT2D eigenvalue weighted by Gasteiger charge is 2.31. The van der Waals surface area contributed by atoms with Crippen LogP contribution in [0.5, 0.6) is 0 Å². The zero-order valence-electron chi connectivity index (χ0n) is 9.68. The molecule has 108 valence electrons. The summed E-state index contributed by atoms with van der Waals surface area (Å²) in [6.45, 7) is 1.76. The first-order valence-electron chi connectivity index (χ1n) is 4.95. The summed E-state index contributed by atoms with van der Waals surface area (Å²) in [5.74, 6) is 0. The first kappa shape index (κ1) is 18.2. The highest BCUT2D eigenvalue weighted by molar-refractivity contribution is 9.10. The minimum atomic E-state index is -3.81. The van der Waals surface area contributed by atoms with E-state index in [1.54, 1.807) is 6.92 Å². The van der Waals surface area contributed by atoms with Crippen LogP contribution in [0.1, 0.15) is 6.92 Å². The molecule has 0 atom stereocenters. The van der Waals surface area contributed by atoms with E-state index in [0.717, 1.165) is 0 Å². The van der Waals surface area contributed by atoms with E-state index >= 15 is 0 Å². The van der Waals surface area contributed by atoms with Crippen molar-refractivity contribution in [3.05, 3.63) is 26.7 Å². The summed E-state index contributed by atoms with van der Waals surface area (Å²) < 4.78 is 28.0. The molecule has 0 radical (unpaired) electrons. The van der Waals surface area contributed by atoms with Gasteiger partial charge in [0.2, 0.25) is 10.0 Å². The number of benzene rings is 1. The van der Waals surface area contributed by atoms with Crippen molar-refractivity contribution in [3.63, 3.8) is 0 Å². The number of sulfonamides is 1. The van der Waals surface area contributed by atoms with Gasteiger partial charge in [-0.15, -0.1) is 0 Å². The van der Waals surface area contributed by atoms with Crippen molar-refractivity contribution in [3.8, 4) is 0 Å². The topological polar surface area (TPSA) is 46.2 Å². The lowest BCUT2D eigenvalue weighted by atomic mass is 10.1. The third kappa shape index (κ3) is 4.56. The molecule has 0 bridgehead atoms. The molecule has 0 spiro atoms. The molecule has 0 aliphatic heterocycles. The van der Waals surface area contributed by atoms with Crippen molar-refractivity contribution in [1.82, 2.24) is 4.72 Å². The monoisotopic (exact) mass is 515 g/mol. The van der Waals surface area contributed by atoms with Crippen molar-refractivity contribution in [2.24, 2.45) is 0 Å². The fourth-order valence-electron chi connectivity index (χ4n) is 1.25. The molecule has 0 amide bonds. The van der Waals surface area contributed by atoms with Crippen molar-refractivity contribution >= 4 is 81.0 Å². The van der Waals surface area contributed by atoms with Crippen LogP contribution in [0, 0.1) is 0 Å². The van der Waals surface area contributed by atoms with Gasteiger partial charge in [0.25, 0.3) is 0 Å². The van der Waals surface area contributed by atoms with Crippen LogP contribution in [0.2, 0.25) is 10.0 Å². The smallest absolute Gasteiger partial charge is 0.207 e. The minimum Gasteiger partial charge on any atom is -0.207 e. The third-order valence-electron chi connectivity index (χ3n) is 2.20. The molecular formula is C10H10Br3Cl2NO2S. The average Bonchev–Trinajstić information content (AvgIpc) is 2.26. The molecule has 3 nitrogen and oxygen atoms in total. The number of hydrogen-bond donors (Lipinski definition) is 1. The van der Waals surface area contributed by atoms with Gasteiger partial charge in [0.05, 0.1) is 10.0 Å². The molecule has 1 aromatic rings. The lowest BCUT2D eigenvalue weighted by molar-refractivity contribution is 0.509. The molecule has 9 heteroatoms. The second-order valence-electron chi connectivity index (χ2n) is 4.13. The molecule has 19 heavy (non-hydrogen) atoms. The van der Waals surface area contributed by atoms with Gasteiger partial charge < -0.3 is 0 Å². The molecule has 1 rings (SSSR count). The van der Waals surface area contributed by atoms with E-state index in [2.05, 4.69) is 52.5 Å². The first-order chi connectivity index (χ1) is 8.65. The Bertz CT molecular complexity index is 553. The van der Waals surface area contributed by atoms with Crippen molar-refractivity contribution in [2.75, 3.05) is 10.7 Å². The van der Waals surface area contributed by atoms with Crippen LogP contribution in [-0.4, -0.2) is 24.6 Å². The van der Waals surface area contributed by atoms with E-state index in [9.17, 15) is 8.42 Å². The first-order valence-corrected chi connectivity index (χ1v) is 10.2. The molecule has 0 heterocycles. The molecule has 1 aromatic carbocycles. The molecular weight excluding hydrogens is 509 g/mol. The fourth-order valence-corrected chi connectivity index (χ4v) is 6.18. The Hall–Kier alpha value is 1.15. The predicted octanol–water partition coefficient (Wildman–Crippen LogP) is 4.58. The standard InChI is InChI=1S/C10H10Br3Cl2NO2S/c1-10(4-11,5-12)16-19(17,18)9-7(14)2-6(13)3-8(9)15/h2-3,16H,4-5H2,1H3. The van der Waals surface area contributed by atoms with E-state index in [0.29, 0.717) is 15.1 Å². The average molecular weight is 519 g/mol. The van der Waals surface area contributed by atoms with Gasteiger partial charge in [-0.2, -0.15) is 0 Å². The van der Waals surface area contributed by atoms with Crippen LogP contribution < -0.4 is 4.72 Å². The summed E-state index contributed by atoms with van der Waals surface area (Å²) in [5, 5.41) is 1.02. The summed E-state index contributed by atoms with van der Waals surface area (Å²) in [6, 6.07) is 2.98. The van der Waals surface area contributed by atoms with Crippen molar-refractivity contribution in [1.29, 1.82) is 0 Å². The number of hydrogen-bond acceptors (Lipinski definition) is 2. The number of nitrogens with one attached hydrogen (secondary N) is 1. The van der Waals surface area contributed by atoms with Gasteiger partial charge in [-0.25, -0.2) is 13.1 Å². The normalized spacial score (nSPS) is 12.7. The van der Waals surface area contributed by atoms with Gasteiger partial charge in [0.15, 0.2) is 0 Å². The maximum absolute atomic E-state index is 12.4. The van der Waals surface area contributed by atoms with Crippen LogP contribution in [0.15, 0.2) is 21.5 Å². The highest BCUT2D eigenvalue weighted by atomic mass is 79.9. The van der Waals surface area contributed by atoms with E-state index in [-0.39, 0.29) is 14.9 Å².